The van der Waals surface area contributed by atoms with Gasteiger partial charge in [-0.2, -0.15) is 0 Å². The van der Waals surface area contributed by atoms with Crippen molar-refractivity contribution in [3.8, 4) is 11.3 Å². The second-order valence-corrected chi connectivity index (χ2v) is 8.83. The van der Waals surface area contributed by atoms with Crippen LogP contribution in [0.5, 0.6) is 0 Å². The Morgan fingerprint density at radius 1 is 0.833 bits per heavy atom. The van der Waals surface area contributed by atoms with Crippen LogP contribution in [0.25, 0.3) is 17.3 Å². The average molecular weight is 421 g/mol. The SMILES string of the molecule is O=S(=O)(/C=C/c1ccccc1)Nc1ccc(-c2ccc(N3CCCCC3)nn2)cc1. The Kier molecular flexibility index (Phi) is 6.09. The first-order valence-electron chi connectivity index (χ1n) is 10.0. The van der Waals surface area contributed by atoms with Crippen LogP contribution < -0.4 is 9.62 Å². The fraction of sp³-hybridized carbons (Fsp3) is 0.217. The molecule has 6 nitrogen and oxygen atoms in total. The molecule has 7 heteroatoms. The van der Waals surface area contributed by atoms with Gasteiger partial charge in [0, 0.05) is 24.3 Å². The highest BCUT2D eigenvalue weighted by atomic mass is 32.2. The second kappa shape index (κ2) is 9.09. The zero-order valence-corrected chi connectivity index (χ0v) is 17.4. The van der Waals surface area contributed by atoms with Gasteiger partial charge in [-0.1, -0.05) is 42.5 Å². The smallest absolute Gasteiger partial charge is 0.255 e. The largest absolute Gasteiger partial charge is 0.355 e. The predicted octanol–water partition coefficient (Wildman–Crippen LogP) is 4.55. The van der Waals surface area contributed by atoms with Gasteiger partial charge in [0.25, 0.3) is 10.0 Å². The van der Waals surface area contributed by atoms with E-state index in [2.05, 4.69) is 19.8 Å². The molecule has 0 bridgehead atoms. The molecule has 1 aliphatic rings. The van der Waals surface area contributed by atoms with Gasteiger partial charge in [0.15, 0.2) is 5.82 Å². The lowest BCUT2D eigenvalue weighted by Crippen LogP contribution is -2.30. The quantitative estimate of drug-likeness (QED) is 0.633. The van der Waals surface area contributed by atoms with Crippen molar-refractivity contribution in [1.29, 1.82) is 0 Å². The molecule has 0 atom stereocenters. The summed E-state index contributed by atoms with van der Waals surface area (Å²) in [6.45, 7) is 2.06. The average Bonchev–Trinajstić information content (AvgIpc) is 2.80. The first kappa shape index (κ1) is 20.1. The van der Waals surface area contributed by atoms with Crippen LogP contribution in [0.4, 0.5) is 11.5 Å². The molecule has 0 unspecified atom stereocenters. The highest BCUT2D eigenvalue weighted by Gasteiger charge is 2.13. The van der Waals surface area contributed by atoms with Gasteiger partial charge in [-0.05, 0) is 55.2 Å². The first-order valence-corrected chi connectivity index (χ1v) is 11.6. The number of benzene rings is 2. The topological polar surface area (TPSA) is 75.2 Å². The van der Waals surface area contributed by atoms with E-state index in [9.17, 15) is 8.42 Å². The molecule has 1 fully saturated rings. The molecule has 0 spiro atoms. The van der Waals surface area contributed by atoms with Crippen LogP contribution in [0, 0.1) is 0 Å². The molecule has 1 aliphatic heterocycles. The van der Waals surface area contributed by atoms with Crippen LogP contribution in [0.15, 0.2) is 72.1 Å². The van der Waals surface area contributed by atoms with Gasteiger partial charge in [-0.25, -0.2) is 8.42 Å². The highest BCUT2D eigenvalue weighted by molar-refractivity contribution is 7.95. The molecule has 30 heavy (non-hydrogen) atoms. The van der Waals surface area contributed by atoms with Crippen molar-refractivity contribution in [2.75, 3.05) is 22.7 Å². The first-order chi connectivity index (χ1) is 14.6. The summed E-state index contributed by atoms with van der Waals surface area (Å²) >= 11 is 0. The molecule has 4 rings (SSSR count). The van der Waals surface area contributed by atoms with Gasteiger partial charge in [-0.15, -0.1) is 10.2 Å². The molecule has 2 heterocycles. The molecule has 0 aliphatic carbocycles. The summed E-state index contributed by atoms with van der Waals surface area (Å²) in [4.78, 5) is 2.27. The van der Waals surface area contributed by atoms with Crippen molar-refractivity contribution in [3.05, 3.63) is 77.7 Å². The zero-order chi connectivity index (χ0) is 20.8. The summed E-state index contributed by atoms with van der Waals surface area (Å²) in [6.07, 6.45) is 5.24. The molecule has 1 N–H and O–H groups in total. The number of sulfonamides is 1. The third-order valence-corrected chi connectivity index (χ3v) is 6.03. The lowest BCUT2D eigenvalue weighted by Gasteiger charge is -2.27. The summed E-state index contributed by atoms with van der Waals surface area (Å²) < 4.78 is 27.1. The van der Waals surface area contributed by atoms with E-state index >= 15 is 0 Å². The Morgan fingerprint density at radius 3 is 2.23 bits per heavy atom. The molecule has 2 aromatic carbocycles. The van der Waals surface area contributed by atoms with Gasteiger partial charge in [-0.3, -0.25) is 4.72 Å². The minimum atomic E-state index is -3.59. The summed E-state index contributed by atoms with van der Waals surface area (Å²) in [7, 11) is -3.59. The van der Waals surface area contributed by atoms with Gasteiger partial charge in [0.1, 0.15) is 0 Å². The zero-order valence-electron chi connectivity index (χ0n) is 16.6. The van der Waals surface area contributed by atoms with Crippen LogP contribution in [0.1, 0.15) is 24.8 Å². The standard InChI is InChI=1S/C23H24N4O2S/c28-30(29,18-15-19-7-3-1-4-8-19)26-21-11-9-20(10-12-21)22-13-14-23(25-24-22)27-16-5-2-6-17-27/h1,3-4,7-15,18,26H,2,5-6,16-17H2/b18-15+. The van der Waals surface area contributed by atoms with Gasteiger partial charge < -0.3 is 4.90 Å². The van der Waals surface area contributed by atoms with Crippen LogP contribution in [-0.2, 0) is 10.0 Å². The third kappa shape index (κ3) is 5.24. The Morgan fingerprint density at radius 2 is 1.57 bits per heavy atom. The van der Waals surface area contributed by atoms with E-state index in [1.807, 2.05) is 54.6 Å². The van der Waals surface area contributed by atoms with Crippen molar-refractivity contribution in [1.82, 2.24) is 10.2 Å². The predicted molar refractivity (Wildman–Crippen MR) is 122 cm³/mol. The van der Waals surface area contributed by atoms with Crippen molar-refractivity contribution in [2.45, 2.75) is 19.3 Å². The lowest BCUT2D eigenvalue weighted by atomic mass is 10.1. The van der Waals surface area contributed by atoms with Crippen molar-refractivity contribution in [3.63, 3.8) is 0 Å². The van der Waals surface area contributed by atoms with E-state index in [0.717, 1.165) is 35.7 Å². The summed E-state index contributed by atoms with van der Waals surface area (Å²) in [6, 6.07) is 20.4. The molecule has 154 valence electrons. The van der Waals surface area contributed by atoms with Gasteiger partial charge in [0.2, 0.25) is 0 Å². The number of aromatic nitrogens is 2. The number of anilines is 2. The summed E-state index contributed by atoms with van der Waals surface area (Å²) in [5, 5.41) is 9.89. The second-order valence-electron chi connectivity index (χ2n) is 7.26. The lowest BCUT2D eigenvalue weighted by molar-refractivity contribution is 0.571. The van der Waals surface area contributed by atoms with Crippen molar-refractivity contribution < 1.29 is 8.42 Å². The Bertz CT molecular complexity index is 1090. The van der Waals surface area contributed by atoms with Crippen LogP contribution in [0.2, 0.25) is 0 Å². The van der Waals surface area contributed by atoms with E-state index in [4.69, 9.17) is 0 Å². The molecule has 3 aromatic rings. The Labute approximate surface area is 177 Å². The molecule has 0 saturated carbocycles. The number of rotatable bonds is 6. The molecule has 0 radical (unpaired) electrons. The number of hydrogen-bond acceptors (Lipinski definition) is 5. The molecular weight excluding hydrogens is 396 g/mol. The maximum absolute atomic E-state index is 12.3. The molecule has 1 saturated heterocycles. The Balaban J connectivity index is 1.41. The molecule has 0 amide bonds. The highest BCUT2D eigenvalue weighted by Crippen LogP contribution is 2.23. The maximum atomic E-state index is 12.3. The molecular formula is C23H24N4O2S. The number of nitrogens with one attached hydrogen (secondary N) is 1. The number of piperidine rings is 1. The monoisotopic (exact) mass is 420 g/mol. The fourth-order valence-corrected chi connectivity index (χ4v) is 4.28. The van der Waals surface area contributed by atoms with Crippen molar-refractivity contribution in [2.24, 2.45) is 0 Å². The van der Waals surface area contributed by atoms with E-state index in [0.29, 0.717) is 5.69 Å². The van der Waals surface area contributed by atoms with Gasteiger partial charge >= 0.3 is 0 Å². The van der Waals surface area contributed by atoms with E-state index in [1.54, 1.807) is 18.2 Å². The Hall–Kier alpha value is -3.19. The fourth-order valence-electron chi connectivity index (χ4n) is 3.41. The minimum Gasteiger partial charge on any atom is -0.355 e. The van der Waals surface area contributed by atoms with Crippen molar-refractivity contribution >= 4 is 27.6 Å². The number of hydrogen-bond donors (Lipinski definition) is 1. The van der Waals surface area contributed by atoms with Crippen LogP contribution in [0.3, 0.4) is 0 Å². The van der Waals surface area contributed by atoms with Crippen LogP contribution in [-0.4, -0.2) is 31.7 Å². The van der Waals surface area contributed by atoms with E-state index < -0.39 is 10.0 Å². The number of nitrogens with zero attached hydrogens (tertiary/aromatic N) is 3. The molecule has 1 aromatic heterocycles. The summed E-state index contributed by atoms with van der Waals surface area (Å²) in [5.41, 5.74) is 2.96. The van der Waals surface area contributed by atoms with E-state index in [1.165, 1.54) is 24.7 Å². The normalized spacial score (nSPS) is 14.7. The van der Waals surface area contributed by atoms with E-state index in [-0.39, 0.29) is 0 Å². The maximum Gasteiger partial charge on any atom is 0.255 e. The minimum absolute atomic E-state index is 0.495. The summed E-state index contributed by atoms with van der Waals surface area (Å²) in [5.74, 6) is 0.910. The van der Waals surface area contributed by atoms with Crippen LogP contribution >= 0.6 is 0 Å². The third-order valence-electron chi connectivity index (χ3n) is 5.01. The van der Waals surface area contributed by atoms with Gasteiger partial charge in [0.05, 0.1) is 11.1 Å².